The van der Waals surface area contributed by atoms with E-state index < -0.39 is 5.97 Å². The summed E-state index contributed by atoms with van der Waals surface area (Å²) in [6.45, 7) is 0. The fourth-order valence-corrected chi connectivity index (χ4v) is 1.57. The van der Waals surface area contributed by atoms with Gasteiger partial charge in [0.1, 0.15) is 0 Å². The summed E-state index contributed by atoms with van der Waals surface area (Å²) >= 11 is 0. The second-order valence-electron chi connectivity index (χ2n) is 3.06. The Hall–Kier alpha value is -1.22. The van der Waals surface area contributed by atoms with Crippen molar-refractivity contribution in [3.05, 3.63) is 10.4 Å². The maximum absolute atomic E-state index is 10.6. The average molecular weight is 169 g/mol. The normalized spacial score (nSPS) is 29.0. The molecule has 1 rings (SSSR count). The van der Waals surface area contributed by atoms with E-state index in [-0.39, 0.29) is 12.0 Å². The van der Waals surface area contributed by atoms with Gasteiger partial charge in [-0.1, -0.05) is 11.5 Å². The highest BCUT2D eigenvalue weighted by molar-refractivity contribution is 5.70. The number of hydrogen-bond acceptors (Lipinski definition) is 2. The van der Waals surface area contributed by atoms with Crippen molar-refractivity contribution in [1.29, 1.82) is 0 Å². The van der Waals surface area contributed by atoms with Crippen molar-refractivity contribution < 1.29 is 9.90 Å². The molecule has 2 atom stereocenters. The fraction of sp³-hybridized carbons (Fsp3) is 0.857. The van der Waals surface area contributed by atoms with Gasteiger partial charge in [-0.3, -0.25) is 4.79 Å². The molecule has 0 aromatic heterocycles. The minimum Gasteiger partial charge on any atom is -0.481 e. The molecular weight excluding hydrogens is 158 g/mol. The summed E-state index contributed by atoms with van der Waals surface area (Å²) < 4.78 is 0. The first-order chi connectivity index (χ1) is 5.74. The van der Waals surface area contributed by atoms with Gasteiger partial charge < -0.3 is 5.11 Å². The Labute approximate surface area is 70.0 Å². The van der Waals surface area contributed by atoms with E-state index in [0.29, 0.717) is 12.8 Å². The summed E-state index contributed by atoms with van der Waals surface area (Å²) in [5.41, 5.74) is 8.15. The monoisotopic (exact) mass is 169 g/mol. The molecule has 5 nitrogen and oxygen atoms in total. The number of carbonyl (C=O) groups is 1. The highest BCUT2D eigenvalue weighted by Crippen LogP contribution is 2.26. The second-order valence-corrected chi connectivity index (χ2v) is 3.06. The van der Waals surface area contributed by atoms with Gasteiger partial charge in [0, 0.05) is 11.0 Å². The Morgan fingerprint density at radius 3 is 2.92 bits per heavy atom. The van der Waals surface area contributed by atoms with E-state index in [4.69, 9.17) is 10.6 Å². The summed E-state index contributed by atoms with van der Waals surface area (Å²) in [5.74, 6) is -1.08. The van der Waals surface area contributed by atoms with Crippen LogP contribution in [0.5, 0.6) is 0 Å². The molecular formula is C7H11N3O2. The molecule has 0 saturated heterocycles. The van der Waals surface area contributed by atoms with E-state index in [2.05, 4.69) is 10.0 Å². The summed E-state index contributed by atoms with van der Waals surface area (Å²) in [6, 6.07) is -0.107. The van der Waals surface area contributed by atoms with Gasteiger partial charge in [-0.15, -0.1) is 0 Å². The molecule has 0 aromatic carbocycles. The molecule has 1 aliphatic carbocycles. The number of carboxylic acid groups (broad SMARTS) is 1. The zero-order valence-corrected chi connectivity index (χ0v) is 6.68. The number of hydrogen-bond donors (Lipinski definition) is 1. The average Bonchev–Trinajstić information content (AvgIpc) is 2.05. The van der Waals surface area contributed by atoms with Crippen LogP contribution in [-0.2, 0) is 4.79 Å². The van der Waals surface area contributed by atoms with Gasteiger partial charge >= 0.3 is 5.97 Å². The van der Waals surface area contributed by atoms with Crippen molar-refractivity contribution in [2.24, 2.45) is 11.0 Å². The molecule has 0 unspecified atom stereocenters. The number of carboxylic acids is 1. The molecule has 5 heteroatoms. The summed E-state index contributed by atoms with van der Waals surface area (Å²) in [6.07, 6.45) is 2.89. The molecule has 66 valence electrons. The van der Waals surface area contributed by atoms with Crippen LogP contribution in [0.2, 0.25) is 0 Å². The smallest absolute Gasteiger partial charge is 0.306 e. The van der Waals surface area contributed by atoms with Gasteiger partial charge in [0.25, 0.3) is 0 Å². The fourth-order valence-electron chi connectivity index (χ4n) is 1.57. The number of rotatable bonds is 2. The Bertz CT molecular complexity index is 215. The van der Waals surface area contributed by atoms with Gasteiger partial charge in [-0.2, -0.15) is 0 Å². The van der Waals surface area contributed by atoms with Gasteiger partial charge in [0.2, 0.25) is 0 Å². The van der Waals surface area contributed by atoms with Crippen LogP contribution in [0.3, 0.4) is 0 Å². The largest absolute Gasteiger partial charge is 0.481 e. The standard InChI is InChI=1S/C7H11N3O2/c8-10-9-6-3-1-2-5(4-6)7(11)12/h5-6H,1-4H2,(H,11,12)/t5-,6-/m1/s1. The molecule has 0 heterocycles. The molecule has 0 spiro atoms. The van der Waals surface area contributed by atoms with Crippen molar-refractivity contribution >= 4 is 5.97 Å². The lowest BCUT2D eigenvalue weighted by atomic mass is 9.86. The summed E-state index contributed by atoms with van der Waals surface area (Å²) in [7, 11) is 0. The highest BCUT2D eigenvalue weighted by Gasteiger charge is 2.25. The maximum atomic E-state index is 10.6. The van der Waals surface area contributed by atoms with Crippen molar-refractivity contribution in [2.45, 2.75) is 31.7 Å². The van der Waals surface area contributed by atoms with Crippen LogP contribution in [0.25, 0.3) is 10.4 Å². The van der Waals surface area contributed by atoms with Crippen LogP contribution >= 0.6 is 0 Å². The van der Waals surface area contributed by atoms with Gasteiger partial charge in [0.15, 0.2) is 0 Å². The molecule has 12 heavy (non-hydrogen) atoms. The maximum Gasteiger partial charge on any atom is 0.306 e. The van der Waals surface area contributed by atoms with Crippen molar-refractivity contribution in [3.63, 3.8) is 0 Å². The Morgan fingerprint density at radius 2 is 2.33 bits per heavy atom. The van der Waals surface area contributed by atoms with Crippen LogP contribution in [0.1, 0.15) is 25.7 Å². The SMILES string of the molecule is [N-]=[N+]=N[C@@H]1CCC[C@@H](C(=O)O)C1. The third-order valence-corrected chi connectivity index (χ3v) is 2.21. The van der Waals surface area contributed by atoms with Gasteiger partial charge in [-0.25, -0.2) is 0 Å². The number of azide groups is 1. The van der Waals surface area contributed by atoms with Crippen LogP contribution in [0, 0.1) is 5.92 Å². The van der Waals surface area contributed by atoms with Crippen LogP contribution in [-0.4, -0.2) is 17.1 Å². The molecule has 1 N–H and O–H groups in total. The Balaban J connectivity index is 2.51. The van der Waals surface area contributed by atoms with E-state index in [1.165, 1.54) is 0 Å². The molecule has 1 aliphatic rings. The molecule has 0 aromatic rings. The lowest BCUT2D eigenvalue weighted by molar-refractivity contribution is -0.142. The zero-order valence-electron chi connectivity index (χ0n) is 6.68. The molecule has 0 bridgehead atoms. The van der Waals surface area contributed by atoms with Gasteiger partial charge in [0.05, 0.1) is 5.92 Å². The molecule has 1 saturated carbocycles. The predicted octanol–water partition coefficient (Wildman–Crippen LogP) is 1.94. The lowest BCUT2D eigenvalue weighted by Gasteiger charge is -2.22. The zero-order chi connectivity index (χ0) is 8.97. The first kappa shape index (κ1) is 8.87. The van der Waals surface area contributed by atoms with E-state index >= 15 is 0 Å². The molecule has 0 amide bonds. The van der Waals surface area contributed by atoms with E-state index in [9.17, 15) is 4.79 Å². The minimum atomic E-state index is -0.771. The summed E-state index contributed by atoms with van der Waals surface area (Å²) in [4.78, 5) is 13.3. The second kappa shape index (κ2) is 3.97. The third kappa shape index (κ3) is 2.13. The first-order valence-electron chi connectivity index (χ1n) is 4.01. The van der Waals surface area contributed by atoms with Crippen LogP contribution in [0.4, 0.5) is 0 Å². The Kier molecular flexibility index (Phi) is 2.94. The van der Waals surface area contributed by atoms with Crippen molar-refractivity contribution in [1.82, 2.24) is 0 Å². The number of nitrogens with zero attached hydrogens (tertiary/aromatic N) is 3. The number of aliphatic carboxylic acids is 1. The van der Waals surface area contributed by atoms with E-state index in [0.717, 1.165) is 12.8 Å². The molecule has 0 radical (unpaired) electrons. The van der Waals surface area contributed by atoms with E-state index in [1.54, 1.807) is 0 Å². The Morgan fingerprint density at radius 1 is 1.58 bits per heavy atom. The van der Waals surface area contributed by atoms with Crippen molar-refractivity contribution in [2.75, 3.05) is 0 Å². The summed E-state index contributed by atoms with van der Waals surface area (Å²) in [5, 5.41) is 12.2. The lowest BCUT2D eigenvalue weighted by Crippen LogP contribution is -2.24. The molecule has 0 aliphatic heterocycles. The van der Waals surface area contributed by atoms with Crippen LogP contribution in [0.15, 0.2) is 5.11 Å². The van der Waals surface area contributed by atoms with Crippen molar-refractivity contribution in [3.8, 4) is 0 Å². The predicted molar refractivity (Wildman–Crippen MR) is 42.5 cm³/mol. The van der Waals surface area contributed by atoms with Gasteiger partial charge in [-0.05, 0) is 24.8 Å². The first-order valence-corrected chi connectivity index (χ1v) is 4.01. The third-order valence-electron chi connectivity index (χ3n) is 2.21. The van der Waals surface area contributed by atoms with Crippen LogP contribution < -0.4 is 0 Å². The quantitative estimate of drug-likeness (QED) is 0.389. The van der Waals surface area contributed by atoms with E-state index in [1.807, 2.05) is 0 Å². The highest BCUT2D eigenvalue weighted by atomic mass is 16.4. The minimum absolute atomic E-state index is 0.107. The topological polar surface area (TPSA) is 86.1 Å². The molecule has 1 fully saturated rings.